The van der Waals surface area contributed by atoms with Gasteiger partial charge in [0, 0.05) is 37.8 Å². The van der Waals surface area contributed by atoms with Gasteiger partial charge in [0.05, 0.1) is 12.6 Å². The summed E-state index contributed by atoms with van der Waals surface area (Å²) in [5, 5.41) is 18.1. The third kappa shape index (κ3) is 4.66. The number of aliphatic hydroxyl groups is 1. The maximum atomic E-state index is 9.66. The lowest BCUT2D eigenvalue weighted by Crippen LogP contribution is -2.54. The zero-order chi connectivity index (χ0) is 17.8. The Morgan fingerprint density at radius 2 is 2.00 bits per heavy atom. The SMILES string of the molecule is CC[C@H]1CN(Cc2nnc(-c3ccc(C)cc3)o2)CCN1C[C@H](C)O. The second-order valence-corrected chi connectivity index (χ2v) is 7.01. The molecule has 0 radical (unpaired) electrons. The fraction of sp³-hybridized carbons (Fsp3) is 0.579. The second-order valence-electron chi connectivity index (χ2n) is 7.01. The number of aliphatic hydroxyl groups excluding tert-OH is 1. The van der Waals surface area contributed by atoms with E-state index in [9.17, 15) is 5.11 Å². The molecule has 25 heavy (non-hydrogen) atoms. The monoisotopic (exact) mass is 344 g/mol. The maximum Gasteiger partial charge on any atom is 0.247 e. The van der Waals surface area contributed by atoms with Crippen molar-refractivity contribution >= 4 is 0 Å². The summed E-state index contributed by atoms with van der Waals surface area (Å²) in [7, 11) is 0. The van der Waals surface area contributed by atoms with E-state index >= 15 is 0 Å². The number of β-amino-alcohol motifs (C(OH)–C–C–N with tert-alkyl or cyclic N) is 1. The van der Waals surface area contributed by atoms with Crippen molar-refractivity contribution in [3.8, 4) is 11.5 Å². The van der Waals surface area contributed by atoms with Crippen LogP contribution in [0.1, 0.15) is 31.7 Å². The van der Waals surface area contributed by atoms with Crippen molar-refractivity contribution in [3.05, 3.63) is 35.7 Å². The van der Waals surface area contributed by atoms with E-state index in [2.05, 4.69) is 33.8 Å². The van der Waals surface area contributed by atoms with Gasteiger partial charge >= 0.3 is 0 Å². The van der Waals surface area contributed by atoms with Crippen molar-refractivity contribution < 1.29 is 9.52 Å². The molecule has 0 amide bonds. The number of hydrogen-bond acceptors (Lipinski definition) is 6. The van der Waals surface area contributed by atoms with Crippen LogP contribution in [-0.2, 0) is 6.54 Å². The number of nitrogens with zero attached hydrogens (tertiary/aromatic N) is 4. The molecule has 6 heteroatoms. The van der Waals surface area contributed by atoms with Crippen LogP contribution in [0.2, 0.25) is 0 Å². The van der Waals surface area contributed by atoms with Crippen LogP contribution in [0.3, 0.4) is 0 Å². The quantitative estimate of drug-likeness (QED) is 0.867. The van der Waals surface area contributed by atoms with E-state index in [1.165, 1.54) is 5.56 Å². The molecule has 2 atom stereocenters. The van der Waals surface area contributed by atoms with Gasteiger partial charge in [0.1, 0.15) is 0 Å². The van der Waals surface area contributed by atoms with Gasteiger partial charge in [0.15, 0.2) is 0 Å². The number of piperazine rings is 1. The van der Waals surface area contributed by atoms with E-state index in [-0.39, 0.29) is 6.10 Å². The number of hydrogen-bond donors (Lipinski definition) is 1. The summed E-state index contributed by atoms with van der Waals surface area (Å²) in [6.45, 7) is 10.4. The van der Waals surface area contributed by atoms with Gasteiger partial charge in [0.2, 0.25) is 11.8 Å². The second kappa shape index (κ2) is 8.08. The van der Waals surface area contributed by atoms with Crippen molar-refractivity contribution in [1.82, 2.24) is 20.0 Å². The van der Waals surface area contributed by atoms with Crippen molar-refractivity contribution in [2.24, 2.45) is 0 Å². The Labute approximate surface area is 149 Å². The largest absolute Gasteiger partial charge is 0.419 e. The molecule has 2 heterocycles. The van der Waals surface area contributed by atoms with Crippen LogP contribution in [0.15, 0.2) is 28.7 Å². The molecule has 2 aromatic rings. The van der Waals surface area contributed by atoms with Crippen LogP contribution >= 0.6 is 0 Å². The molecule has 1 fully saturated rings. The smallest absolute Gasteiger partial charge is 0.247 e. The molecule has 1 aromatic heterocycles. The summed E-state index contributed by atoms with van der Waals surface area (Å²) >= 11 is 0. The number of benzene rings is 1. The Morgan fingerprint density at radius 3 is 2.68 bits per heavy atom. The van der Waals surface area contributed by atoms with Crippen LogP contribution in [0, 0.1) is 6.92 Å². The Balaban J connectivity index is 1.61. The molecule has 3 rings (SSSR count). The van der Waals surface area contributed by atoms with E-state index in [4.69, 9.17) is 4.42 Å². The molecule has 0 saturated carbocycles. The molecule has 0 unspecified atom stereocenters. The molecule has 0 aliphatic carbocycles. The number of aromatic nitrogens is 2. The Kier molecular flexibility index (Phi) is 5.83. The molecule has 0 spiro atoms. The van der Waals surface area contributed by atoms with Crippen molar-refractivity contribution in [2.45, 2.75) is 45.9 Å². The normalized spacial score (nSPS) is 20.7. The van der Waals surface area contributed by atoms with Gasteiger partial charge in [-0.25, -0.2) is 0 Å². The summed E-state index contributed by atoms with van der Waals surface area (Å²) < 4.78 is 5.86. The average Bonchev–Trinajstić information content (AvgIpc) is 3.05. The minimum absolute atomic E-state index is 0.284. The fourth-order valence-electron chi connectivity index (χ4n) is 3.39. The lowest BCUT2D eigenvalue weighted by molar-refractivity contribution is 0.0309. The molecule has 1 aliphatic rings. The minimum Gasteiger partial charge on any atom is -0.419 e. The van der Waals surface area contributed by atoms with Gasteiger partial charge in [-0.2, -0.15) is 0 Å². The summed E-state index contributed by atoms with van der Waals surface area (Å²) in [6, 6.07) is 8.57. The summed E-state index contributed by atoms with van der Waals surface area (Å²) in [5.41, 5.74) is 2.17. The molecule has 1 N–H and O–H groups in total. The highest BCUT2D eigenvalue weighted by atomic mass is 16.4. The highest BCUT2D eigenvalue weighted by molar-refractivity contribution is 5.52. The molecule has 1 saturated heterocycles. The molecule has 6 nitrogen and oxygen atoms in total. The molecule has 1 aromatic carbocycles. The first-order valence-corrected chi connectivity index (χ1v) is 9.09. The first kappa shape index (κ1) is 18.0. The average molecular weight is 344 g/mol. The van der Waals surface area contributed by atoms with Gasteiger partial charge in [-0.1, -0.05) is 24.6 Å². The van der Waals surface area contributed by atoms with Crippen molar-refractivity contribution in [1.29, 1.82) is 0 Å². The number of rotatable bonds is 6. The molecule has 1 aliphatic heterocycles. The molecular weight excluding hydrogens is 316 g/mol. The highest BCUT2D eigenvalue weighted by Gasteiger charge is 2.27. The van der Waals surface area contributed by atoms with Crippen LogP contribution in [0.25, 0.3) is 11.5 Å². The maximum absolute atomic E-state index is 9.66. The van der Waals surface area contributed by atoms with E-state index in [1.54, 1.807) is 0 Å². The van der Waals surface area contributed by atoms with E-state index in [0.29, 0.717) is 24.4 Å². The van der Waals surface area contributed by atoms with Crippen LogP contribution in [0.5, 0.6) is 0 Å². The van der Waals surface area contributed by atoms with Crippen molar-refractivity contribution in [3.63, 3.8) is 0 Å². The fourth-order valence-corrected chi connectivity index (χ4v) is 3.39. The first-order valence-electron chi connectivity index (χ1n) is 9.09. The van der Waals surface area contributed by atoms with Gasteiger partial charge in [0.25, 0.3) is 0 Å². The standard InChI is InChI=1S/C19H28N4O2/c1-4-17-12-22(9-10-23(17)11-15(3)24)13-18-20-21-19(25-18)16-7-5-14(2)6-8-16/h5-8,15,17,24H,4,9-13H2,1-3H3/t15-,17-/m0/s1. The lowest BCUT2D eigenvalue weighted by Gasteiger charge is -2.41. The van der Waals surface area contributed by atoms with Crippen LogP contribution < -0.4 is 0 Å². The molecule has 0 bridgehead atoms. The lowest BCUT2D eigenvalue weighted by atomic mass is 10.1. The highest BCUT2D eigenvalue weighted by Crippen LogP contribution is 2.20. The van der Waals surface area contributed by atoms with E-state index in [0.717, 1.165) is 38.2 Å². The van der Waals surface area contributed by atoms with Gasteiger partial charge in [-0.15, -0.1) is 10.2 Å². The third-order valence-corrected chi connectivity index (χ3v) is 4.78. The Hall–Kier alpha value is -1.76. The van der Waals surface area contributed by atoms with Crippen LogP contribution in [0.4, 0.5) is 0 Å². The summed E-state index contributed by atoms with van der Waals surface area (Å²) in [5.74, 6) is 1.24. The molecular formula is C19H28N4O2. The predicted molar refractivity (Wildman–Crippen MR) is 97.1 cm³/mol. The summed E-state index contributed by atoms with van der Waals surface area (Å²) in [4.78, 5) is 4.74. The topological polar surface area (TPSA) is 65.6 Å². The minimum atomic E-state index is -0.284. The Morgan fingerprint density at radius 1 is 1.24 bits per heavy atom. The van der Waals surface area contributed by atoms with E-state index < -0.39 is 0 Å². The Bertz CT molecular complexity index is 668. The zero-order valence-electron chi connectivity index (χ0n) is 15.4. The van der Waals surface area contributed by atoms with Gasteiger partial charge < -0.3 is 9.52 Å². The molecule has 136 valence electrons. The summed E-state index contributed by atoms with van der Waals surface area (Å²) in [6.07, 6.45) is 0.787. The van der Waals surface area contributed by atoms with Crippen molar-refractivity contribution in [2.75, 3.05) is 26.2 Å². The van der Waals surface area contributed by atoms with E-state index in [1.807, 2.05) is 31.2 Å². The first-order chi connectivity index (χ1) is 12.0. The number of aryl methyl sites for hydroxylation is 1. The third-order valence-electron chi connectivity index (χ3n) is 4.78. The van der Waals surface area contributed by atoms with Gasteiger partial charge in [-0.3, -0.25) is 9.80 Å². The van der Waals surface area contributed by atoms with Crippen LogP contribution in [-0.4, -0.2) is 63.4 Å². The van der Waals surface area contributed by atoms with Gasteiger partial charge in [-0.05, 0) is 32.4 Å². The predicted octanol–water partition coefficient (Wildman–Crippen LogP) is 2.32. The zero-order valence-corrected chi connectivity index (χ0v) is 15.4.